The lowest BCUT2D eigenvalue weighted by Gasteiger charge is -2.23. The summed E-state index contributed by atoms with van der Waals surface area (Å²) in [4.78, 5) is 2.54. The molecule has 2 rings (SSSR count). The Morgan fingerprint density at radius 3 is 2.60 bits per heavy atom. The number of hydrogen-bond donors (Lipinski definition) is 2. The molecule has 0 saturated carbocycles. The van der Waals surface area contributed by atoms with E-state index in [0.717, 1.165) is 18.7 Å². The minimum Gasteiger partial charge on any atom is -0.398 e. The van der Waals surface area contributed by atoms with E-state index in [1.165, 1.54) is 18.9 Å². The summed E-state index contributed by atoms with van der Waals surface area (Å²) in [5, 5.41) is 0. The number of nitrogens with two attached hydrogens (primary N) is 1. The van der Waals surface area contributed by atoms with Gasteiger partial charge in [-0.3, -0.25) is 4.90 Å². The van der Waals surface area contributed by atoms with E-state index in [1.807, 2.05) is 6.92 Å². The van der Waals surface area contributed by atoms with Gasteiger partial charge in [-0.05, 0) is 57.5 Å². The maximum atomic E-state index is 12.2. The summed E-state index contributed by atoms with van der Waals surface area (Å²) in [6, 6.07) is 5.05. The summed E-state index contributed by atoms with van der Waals surface area (Å²) in [5.41, 5.74) is 7.16. The highest BCUT2D eigenvalue weighted by Crippen LogP contribution is 2.17. The van der Waals surface area contributed by atoms with Crippen molar-refractivity contribution in [2.24, 2.45) is 0 Å². The number of rotatable bonds is 5. The van der Waals surface area contributed by atoms with Crippen LogP contribution in [0.4, 0.5) is 5.69 Å². The van der Waals surface area contributed by atoms with Gasteiger partial charge in [-0.15, -0.1) is 0 Å². The van der Waals surface area contributed by atoms with Crippen LogP contribution in [-0.4, -0.2) is 39.0 Å². The van der Waals surface area contributed by atoms with Gasteiger partial charge in [-0.2, -0.15) is 0 Å². The first kappa shape index (κ1) is 15.3. The molecule has 1 heterocycles. The monoisotopic (exact) mass is 297 g/mol. The summed E-state index contributed by atoms with van der Waals surface area (Å²) in [6.07, 6.45) is 2.40. The van der Waals surface area contributed by atoms with Crippen molar-refractivity contribution < 1.29 is 8.42 Å². The predicted octanol–water partition coefficient (Wildman–Crippen LogP) is 1.34. The van der Waals surface area contributed by atoms with Crippen LogP contribution in [0.1, 0.15) is 25.3 Å². The van der Waals surface area contributed by atoms with Crippen molar-refractivity contribution in [1.82, 2.24) is 9.62 Å². The quantitative estimate of drug-likeness (QED) is 0.804. The average molecular weight is 297 g/mol. The molecular weight excluding hydrogens is 274 g/mol. The predicted molar refractivity (Wildman–Crippen MR) is 81.0 cm³/mol. The standard InChI is InChI=1S/C14H23N3O2S/c1-11-5-6-13(9-14(11)15)20(18,19)16-10-12(2)17-7-3-4-8-17/h5-6,9,12,16H,3-4,7-8,10,15H2,1-2H3. The molecule has 0 amide bonds. The van der Waals surface area contributed by atoms with E-state index < -0.39 is 10.0 Å². The highest BCUT2D eigenvalue weighted by atomic mass is 32.2. The molecule has 20 heavy (non-hydrogen) atoms. The fraction of sp³-hybridized carbons (Fsp3) is 0.571. The molecule has 0 bridgehead atoms. The second kappa shape index (κ2) is 6.11. The van der Waals surface area contributed by atoms with Crippen LogP contribution in [0.5, 0.6) is 0 Å². The maximum Gasteiger partial charge on any atom is 0.240 e. The van der Waals surface area contributed by atoms with Crippen LogP contribution in [0.3, 0.4) is 0 Å². The highest BCUT2D eigenvalue weighted by Gasteiger charge is 2.21. The Bertz CT molecular complexity index is 566. The van der Waals surface area contributed by atoms with Crippen molar-refractivity contribution in [3.05, 3.63) is 23.8 Å². The van der Waals surface area contributed by atoms with Crippen molar-refractivity contribution in [3.63, 3.8) is 0 Å². The number of nitrogen functional groups attached to an aromatic ring is 1. The van der Waals surface area contributed by atoms with Crippen LogP contribution in [0.25, 0.3) is 0 Å². The van der Waals surface area contributed by atoms with Crippen LogP contribution in [0, 0.1) is 6.92 Å². The van der Waals surface area contributed by atoms with E-state index >= 15 is 0 Å². The average Bonchev–Trinajstić information content (AvgIpc) is 2.93. The van der Waals surface area contributed by atoms with Gasteiger partial charge in [-0.25, -0.2) is 13.1 Å². The van der Waals surface area contributed by atoms with E-state index in [-0.39, 0.29) is 10.9 Å². The lowest BCUT2D eigenvalue weighted by molar-refractivity contribution is 0.260. The van der Waals surface area contributed by atoms with Crippen molar-refractivity contribution in [1.29, 1.82) is 0 Å². The number of benzene rings is 1. The zero-order valence-electron chi connectivity index (χ0n) is 12.1. The van der Waals surface area contributed by atoms with E-state index in [1.54, 1.807) is 12.1 Å². The largest absolute Gasteiger partial charge is 0.398 e. The normalized spacial score (nSPS) is 18.3. The van der Waals surface area contributed by atoms with Gasteiger partial charge in [0.2, 0.25) is 10.0 Å². The molecule has 1 aromatic carbocycles. The summed E-state index contributed by atoms with van der Waals surface area (Å²) >= 11 is 0. The number of nitrogens with zero attached hydrogens (tertiary/aromatic N) is 1. The van der Waals surface area contributed by atoms with Crippen LogP contribution < -0.4 is 10.5 Å². The molecule has 1 aliphatic rings. The van der Waals surface area contributed by atoms with Gasteiger partial charge < -0.3 is 5.73 Å². The van der Waals surface area contributed by atoms with Crippen LogP contribution >= 0.6 is 0 Å². The van der Waals surface area contributed by atoms with Crippen molar-refractivity contribution in [2.45, 2.75) is 37.6 Å². The van der Waals surface area contributed by atoms with Crippen molar-refractivity contribution in [2.75, 3.05) is 25.4 Å². The molecule has 3 N–H and O–H groups in total. The second-order valence-electron chi connectivity index (χ2n) is 5.46. The Hall–Kier alpha value is -1.11. The Morgan fingerprint density at radius 2 is 2.00 bits per heavy atom. The van der Waals surface area contributed by atoms with Gasteiger partial charge in [0, 0.05) is 18.3 Å². The van der Waals surface area contributed by atoms with Gasteiger partial charge >= 0.3 is 0 Å². The molecule has 1 atom stereocenters. The molecule has 1 unspecified atom stereocenters. The summed E-state index contributed by atoms with van der Waals surface area (Å²) in [7, 11) is -3.48. The molecule has 0 radical (unpaired) electrons. The van der Waals surface area contributed by atoms with Crippen molar-refractivity contribution in [3.8, 4) is 0 Å². The van der Waals surface area contributed by atoms with Crippen LogP contribution in [-0.2, 0) is 10.0 Å². The van der Waals surface area contributed by atoms with Gasteiger partial charge in [-0.1, -0.05) is 6.07 Å². The van der Waals surface area contributed by atoms with E-state index in [9.17, 15) is 8.42 Å². The molecule has 1 aliphatic heterocycles. The lowest BCUT2D eigenvalue weighted by atomic mass is 10.2. The highest BCUT2D eigenvalue weighted by molar-refractivity contribution is 7.89. The van der Waals surface area contributed by atoms with Gasteiger partial charge in [0.25, 0.3) is 0 Å². The Kier molecular flexibility index (Phi) is 4.67. The molecule has 6 heteroatoms. The third-order valence-corrected chi connectivity index (χ3v) is 5.32. The third-order valence-electron chi connectivity index (χ3n) is 3.89. The number of sulfonamides is 1. The Morgan fingerprint density at radius 1 is 1.35 bits per heavy atom. The van der Waals surface area contributed by atoms with Gasteiger partial charge in [0.05, 0.1) is 4.90 Å². The first-order chi connectivity index (χ1) is 9.40. The molecule has 1 aromatic rings. The molecule has 112 valence electrons. The number of anilines is 1. The molecule has 1 saturated heterocycles. The first-order valence-electron chi connectivity index (χ1n) is 7.00. The summed E-state index contributed by atoms with van der Waals surface area (Å²) in [6.45, 7) is 6.45. The lowest BCUT2D eigenvalue weighted by Crippen LogP contribution is -2.40. The Balaban J connectivity index is 2.01. The minimum absolute atomic E-state index is 0.218. The van der Waals surface area contributed by atoms with Crippen molar-refractivity contribution >= 4 is 15.7 Å². The molecule has 0 spiro atoms. The topological polar surface area (TPSA) is 75.4 Å². The van der Waals surface area contributed by atoms with Gasteiger partial charge in [0.1, 0.15) is 0 Å². The number of aryl methyl sites for hydroxylation is 1. The summed E-state index contributed by atoms with van der Waals surface area (Å²) in [5.74, 6) is 0. The summed E-state index contributed by atoms with van der Waals surface area (Å²) < 4.78 is 27.1. The smallest absolute Gasteiger partial charge is 0.240 e. The first-order valence-corrected chi connectivity index (χ1v) is 8.48. The van der Waals surface area contributed by atoms with Crippen LogP contribution in [0.2, 0.25) is 0 Å². The van der Waals surface area contributed by atoms with E-state index in [0.29, 0.717) is 12.2 Å². The number of hydrogen-bond acceptors (Lipinski definition) is 4. The second-order valence-corrected chi connectivity index (χ2v) is 7.23. The maximum absolute atomic E-state index is 12.2. The molecule has 5 nitrogen and oxygen atoms in total. The minimum atomic E-state index is -3.48. The zero-order chi connectivity index (χ0) is 14.8. The number of nitrogens with one attached hydrogen (secondary N) is 1. The van der Waals surface area contributed by atoms with Gasteiger partial charge in [0.15, 0.2) is 0 Å². The molecule has 0 aliphatic carbocycles. The third kappa shape index (κ3) is 3.50. The van der Waals surface area contributed by atoms with Crippen LogP contribution in [0.15, 0.2) is 23.1 Å². The van der Waals surface area contributed by atoms with E-state index in [4.69, 9.17) is 5.73 Å². The fourth-order valence-electron chi connectivity index (χ4n) is 2.41. The molecule has 0 aromatic heterocycles. The fourth-order valence-corrected chi connectivity index (χ4v) is 3.57. The Labute approximate surface area is 121 Å². The number of likely N-dealkylation sites (tertiary alicyclic amines) is 1. The van der Waals surface area contributed by atoms with E-state index in [2.05, 4.69) is 16.5 Å². The SMILES string of the molecule is Cc1ccc(S(=O)(=O)NCC(C)N2CCCC2)cc1N. The molecule has 1 fully saturated rings. The zero-order valence-corrected chi connectivity index (χ0v) is 12.9. The molecular formula is C14H23N3O2S.